The Bertz CT molecular complexity index is 653. The van der Waals surface area contributed by atoms with E-state index in [0.29, 0.717) is 16.3 Å². The third-order valence-electron chi connectivity index (χ3n) is 3.12. The van der Waals surface area contributed by atoms with Crippen molar-refractivity contribution in [3.63, 3.8) is 0 Å². The molecule has 0 N–H and O–H groups in total. The smallest absolute Gasteiger partial charge is 0.169 e. The first-order chi connectivity index (χ1) is 9.51. The van der Waals surface area contributed by atoms with Crippen molar-refractivity contribution in [1.29, 1.82) is 0 Å². The van der Waals surface area contributed by atoms with Crippen LogP contribution < -0.4 is 4.74 Å². The lowest BCUT2D eigenvalue weighted by Gasteiger charge is -2.09. The fourth-order valence-corrected chi connectivity index (χ4v) is 2.33. The van der Waals surface area contributed by atoms with Crippen molar-refractivity contribution in [2.45, 2.75) is 20.3 Å². The van der Waals surface area contributed by atoms with Gasteiger partial charge in [0.05, 0.1) is 7.11 Å². The first-order valence-corrected chi connectivity index (χ1v) is 6.69. The first-order valence-electron chi connectivity index (χ1n) is 6.31. The molecule has 3 nitrogen and oxygen atoms in total. The second kappa shape index (κ2) is 6.06. The number of carbonyl (C=O) groups excluding carboxylic acids is 1. The molecule has 0 atom stereocenters. The molecule has 2 aromatic rings. The van der Waals surface area contributed by atoms with E-state index in [1.165, 1.54) is 0 Å². The van der Waals surface area contributed by atoms with E-state index in [-0.39, 0.29) is 12.2 Å². The van der Waals surface area contributed by atoms with Crippen molar-refractivity contribution in [1.82, 2.24) is 4.98 Å². The molecule has 0 aliphatic carbocycles. The number of pyridine rings is 1. The van der Waals surface area contributed by atoms with Crippen molar-refractivity contribution < 1.29 is 9.53 Å². The maximum Gasteiger partial charge on any atom is 0.169 e. The van der Waals surface area contributed by atoms with Crippen LogP contribution in [0.4, 0.5) is 0 Å². The SMILES string of the molecule is COc1ccc(Cl)cc1CC(=O)c1ccc(C)nc1C. The number of nitrogens with zero attached hydrogens (tertiary/aromatic N) is 1. The quantitative estimate of drug-likeness (QED) is 0.804. The van der Waals surface area contributed by atoms with E-state index < -0.39 is 0 Å². The van der Waals surface area contributed by atoms with Crippen LogP contribution in [0.1, 0.15) is 27.3 Å². The molecular formula is C16H16ClNO2. The van der Waals surface area contributed by atoms with E-state index in [1.54, 1.807) is 25.3 Å². The number of hydrogen-bond acceptors (Lipinski definition) is 3. The Morgan fingerprint density at radius 3 is 2.65 bits per heavy atom. The topological polar surface area (TPSA) is 39.2 Å². The van der Waals surface area contributed by atoms with Crippen LogP contribution in [0, 0.1) is 13.8 Å². The summed E-state index contributed by atoms with van der Waals surface area (Å²) in [6, 6.07) is 8.93. The highest BCUT2D eigenvalue weighted by molar-refractivity contribution is 6.30. The third kappa shape index (κ3) is 3.17. The summed E-state index contributed by atoms with van der Waals surface area (Å²) in [5, 5.41) is 0.590. The summed E-state index contributed by atoms with van der Waals surface area (Å²) in [5.41, 5.74) is 3.07. The minimum Gasteiger partial charge on any atom is -0.496 e. The summed E-state index contributed by atoms with van der Waals surface area (Å²) in [5.74, 6) is 0.677. The minimum absolute atomic E-state index is 0.00978. The van der Waals surface area contributed by atoms with Gasteiger partial charge >= 0.3 is 0 Å². The Balaban J connectivity index is 2.30. The van der Waals surface area contributed by atoms with Crippen LogP contribution in [-0.4, -0.2) is 17.9 Å². The molecule has 0 amide bonds. The molecule has 0 aliphatic rings. The third-order valence-corrected chi connectivity index (χ3v) is 3.35. The number of aryl methyl sites for hydroxylation is 2. The Morgan fingerprint density at radius 2 is 2.00 bits per heavy atom. The molecular weight excluding hydrogens is 274 g/mol. The molecule has 1 aromatic heterocycles. The molecule has 0 saturated carbocycles. The monoisotopic (exact) mass is 289 g/mol. The first kappa shape index (κ1) is 14.5. The number of hydrogen-bond donors (Lipinski definition) is 0. The molecule has 0 fully saturated rings. The van der Waals surface area contributed by atoms with E-state index in [4.69, 9.17) is 16.3 Å². The van der Waals surface area contributed by atoms with Crippen LogP contribution in [0.15, 0.2) is 30.3 Å². The van der Waals surface area contributed by atoms with Crippen LogP contribution in [0.5, 0.6) is 5.75 Å². The van der Waals surface area contributed by atoms with Crippen LogP contribution in [0.2, 0.25) is 5.02 Å². The van der Waals surface area contributed by atoms with Crippen LogP contribution >= 0.6 is 11.6 Å². The zero-order valence-corrected chi connectivity index (χ0v) is 12.5. The van der Waals surface area contributed by atoms with Gasteiger partial charge in [0.25, 0.3) is 0 Å². The number of ether oxygens (including phenoxy) is 1. The molecule has 20 heavy (non-hydrogen) atoms. The number of carbonyl (C=O) groups is 1. The van der Waals surface area contributed by atoms with Gasteiger partial charge in [0.1, 0.15) is 5.75 Å². The average Bonchev–Trinajstić information content (AvgIpc) is 2.38. The summed E-state index contributed by atoms with van der Waals surface area (Å²) < 4.78 is 5.26. The zero-order chi connectivity index (χ0) is 14.7. The predicted molar refractivity (Wildman–Crippen MR) is 79.7 cm³/mol. The largest absolute Gasteiger partial charge is 0.496 e. The van der Waals surface area contributed by atoms with Crippen molar-refractivity contribution >= 4 is 17.4 Å². The molecule has 0 radical (unpaired) electrons. The number of halogens is 1. The molecule has 0 spiro atoms. The summed E-state index contributed by atoms with van der Waals surface area (Å²) >= 11 is 5.98. The summed E-state index contributed by atoms with van der Waals surface area (Å²) in [7, 11) is 1.58. The number of Topliss-reactive ketones (excluding diaryl/α,β-unsaturated/α-hetero) is 1. The molecule has 0 bridgehead atoms. The van der Waals surface area contributed by atoms with Crippen LogP contribution in [-0.2, 0) is 6.42 Å². The summed E-state index contributed by atoms with van der Waals surface area (Å²) in [4.78, 5) is 16.7. The van der Waals surface area contributed by atoms with Gasteiger partial charge in [-0.15, -0.1) is 0 Å². The lowest BCUT2D eigenvalue weighted by molar-refractivity contribution is 0.0991. The molecule has 0 aliphatic heterocycles. The van der Waals surface area contributed by atoms with Gasteiger partial charge in [0.15, 0.2) is 5.78 Å². The molecule has 1 aromatic carbocycles. The van der Waals surface area contributed by atoms with E-state index >= 15 is 0 Å². The number of benzene rings is 1. The Hall–Kier alpha value is -1.87. The van der Waals surface area contributed by atoms with E-state index in [0.717, 1.165) is 17.0 Å². The second-order valence-electron chi connectivity index (χ2n) is 4.64. The van der Waals surface area contributed by atoms with Crippen molar-refractivity contribution in [3.8, 4) is 5.75 Å². The molecule has 0 saturated heterocycles. The second-order valence-corrected chi connectivity index (χ2v) is 5.08. The van der Waals surface area contributed by atoms with Gasteiger partial charge in [-0.2, -0.15) is 0 Å². The van der Waals surface area contributed by atoms with E-state index in [2.05, 4.69) is 4.98 Å². The minimum atomic E-state index is 0.00978. The number of ketones is 1. The number of aromatic nitrogens is 1. The highest BCUT2D eigenvalue weighted by atomic mass is 35.5. The lowest BCUT2D eigenvalue weighted by atomic mass is 10.0. The Morgan fingerprint density at radius 1 is 1.25 bits per heavy atom. The predicted octanol–water partition coefficient (Wildman–Crippen LogP) is 3.79. The van der Waals surface area contributed by atoms with E-state index in [9.17, 15) is 4.79 Å². The Kier molecular flexibility index (Phi) is 4.40. The van der Waals surface area contributed by atoms with Gasteiger partial charge in [0.2, 0.25) is 0 Å². The fraction of sp³-hybridized carbons (Fsp3) is 0.250. The maximum atomic E-state index is 12.4. The molecule has 2 rings (SSSR count). The molecule has 4 heteroatoms. The number of rotatable bonds is 4. The normalized spacial score (nSPS) is 10.4. The van der Waals surface area contributed by atoms with Crippen LogP contribution in [0.3, 0.4) is 0 Å². The Labute approximate surface area is 123 Å². The standard InChI is InChI=1S/C16H16ClNO2/c1-10-4-6-14(11(2)18-10)15(19)9-12-8-13(17)5-7-16(12)20-3/h4-8H,9H2,1-3H3. The number of methoxy groups -OCH3 is 1. The van der Waals surface area contributed by atoms with Gasteiger partial charge in [-0.3, -0.25) is 9.78 Å². The zero-order valence-electron chi connectivity index (χ0n) is 11.7. The van der Waals surface area contributed by atoms with E-state index in [1.807, 2.05) is 26.0 Å². The lowest BCUT2D eigenvalue weighted by Crippen LogP contribution is -2.08. The highest BCUT2D eigenvalue weighted by Gasteiger charge is 2.14. The summed E-state index contributed by atoms with van der Waals surface area (Å²) in [6.45, 7) is 3.75. The average molecular weight is 290 g/mol. The van der Waals surface area contributed by atoms with Gasteiger partial charge < -0.3 is 4.74 Å². The molecule has 1 heterocycles. The van der Waals surface area contributed by atoms with Gasteiger partial charge in [0, 0.05) is 34.0 Å². The molecule has 0 unspecified atom stereocenters. The van der Waals surface area contributed by atoms with Gasteiger partial charge in [-0.25, -0.2) is 0 Å². The molecule has 104 valence electrons. The van der Waals surface area contributed by atoms with Crippen molar-refractivity contribution in [2.75, 3.05) is 7.11 Å². The van der Waals surface area contributed by atoms with Crippen molar-refractivity contribution in [2.24, 2.45) is 0 Å². The van der Waals surface area contributed by atoms with Crippen LogP contribution in [0.25, 0.3) is 0 Å². The maximum absolute atomic E-state index is 12.4. The highest BCUT2D eigenvalue weighted by Crippen LogP contribution is 2.24. The van der Waals surface area contributed by atoms with Gasteiger partial charge in [-0.05, 0) is 44.2 Å². The summed E-state index contributed by atoms with van der Waals surface area (Å²) in [6.07, 6.45) is 0.245. The fourth-order valence-electron chi connectivity index (χ4n) is 2.13. The van der Waals surface area contributed by atoms with Gasteiger partial charge in [-0.1, -0.05) is 11.6 Å². The van der Waals surface area contributed by atoms with Crippen molar-refractivity contribution in [3.05, 3.63) is 57.9 Å².